The van der Waals surface area contributed by atoms with Crippen LogP contribution in [-0.2, 0) is 32.6 Å². The minimum Gasteiger partial charge on any atom is -0.467 e. The molecule has 1 fully saturated rings. The lowest BCUT2D eigenvalue weighted by molar-refractivity contribution is -0.148. The highest BCUT2D eigenvalue weighted by Gasteiger charge is 2.47. The first kappa shape index (κ1) is 26.2. The predicted molar refractivity (Wildman–Crippen MR) is 149 cm³/mol. The van der Waals surface area contributed by atoms with E-state index in [1.54, 1.807) is 0 Å². The smallest absolute Gasteiger partial charge is 0.331 e. The van der Waals surface area contributed by atoms with Crippen molar-refractivity contribution in [2.24, 2.45) is 0 Å². The molecule has 4 aromatic rings. The Morgan fingerprint density at radius 1 is 1.10 bits per heavy atom. The lowest BCUT2D eigenvalue weighted by Crippen LogP contribution is -2.55. The molecule has 3 aliphatic rings. The summed E-state index contributed by atoms with van der Waals surface area (Å²) in [5.41, 5.74) is 5.71. The molecule has 0 radical (unpaired) electrons. The van der Waals surface area contributed by atoms with E-state index in [9.17, 15) is 9.59 Å². The fourth-order valence-corrected chi connectivity index (χ4v) is 6.51. The third kappa shape index (κ3) is 4.56. The first-order valence-electron chi connectivity index (χ1n) is 14.0. The molecule has 10 heteroatoms. The van der Waals surface area contributed by atoms with Crippen molar-refractivity contribution in [1.29, 1.82) is 0 Å². The number of aromatic amines is 1. The molecular formula is C30H34N6O4. The van der Waals surface area contributed by atoms with Crippen LogP contribution in [0.2, 0.25) is 0 Å². The molecule has 0 saturated heterocycles. The molecule has 2 aliphatic heterocycles. The number of nitrogens with one attached hydrogen (secondary N) is 1. The van der Waals surface area contributed by atoms with Crippen molar-refractivity contribution in [2.45, 2.75) is 63.5 Å². The van der Waals surface area contributed by atoms with Gasteiger partial charge in [-0.25, -0.2) is 9.48 Å². The van der Waals surface area contributed by atoms with Crippen molar-refractivity contribution in [3.8, 4) is 22.5 Å². The average molecular weight is 543 g/mol. The van der Waals surface area contributed by atoms with Crippen molar-refractivity contribution >= 4 is 5.97 Å². The van der Waals surface area contributed by atoms with Gasteiger partial charge in [-0.1, -0.05) is 61.9 Å². The Balaban J connectivity index is 1.32. The Morgan fingerprint density at radius 3 is 2.52 bits per heavy atom. The largest absolute Gasteiger partial charge is 0.467 e. The standard InChI is InChI=1S/C30H34N6O4/c1-3-6-26-25(29(38)36-30(19-40-18-27(37)39-2)15-13-22(14-16-30)35(26)36)17-20-9-11-21(12-10-20)23-7-4-5-8-24(23)28-31-33-34-32-28/h4-5,7-12,22H,3,6,13-19H2,1-2H3,(H,31,32,33,34). The molecule has 2 aromatic carbocycles. The normalized spacial score (nSPS) is 19.5. The van der Waals surface area contributed by atoms with E-state index in [1.807, 2.05) is 28.9 Å². The van der Waals surface area contributed by atoms with Gasteiger partial charge in [0.25, 0.3) is 5.56 Å². The summed E-state index contributed by atoms with van der Waals surface area (Å²) in [5.74, 6) is 0.148. The van der Waals surface area contributed by atoms with Gasteiger partial charge in [0, 0.05) is 23.2 Å². The number of tetrazole rings is 1. The van der Waals surface area contributed by atoms with Crippen molar-refractivity contribution in [2.75, 3.05) is 20.3 Å². The van der Waals surface area contributed by atoms with Crippen LogP contribution in [0.5, 0.6) is 0 Å². The summed E-state index contributed by atoms with van der Waals surface area (Å²) < 4.78 is 14.8. The van der Waals surface area contributed by atoms with Crippen LogP contribution in [0, 0.1) is 0 Å². The highest BCUT2D eigenvalue weighted by molar-refractivity contribution is 5.80. The number of methoxy groups -OCH3 is 1. The van der Waals surface area contributed by atoms with Gasteiger partial charge in [-0.3, -0.25) is 9.48 Å². The number of benzene rings is 2. The van der Waals surface area contributed by atoms with Crippen LogP contribution in [0.15, 0.2) is 53.3 Å². The molecule has 2 bridgehead atoms. The summed E-state index contributed by atoms with van der Waals surface area (Å²) in [4.78, 5) is 25.8. The molecule has 0 spiro atoms. The van der Waals surface area contributed by atoms with E-state index in [0.29, 0.717) is 24.9 Å². The lowest BCUT2D eigenvalue weighted by atomic mass is 9.78. The van der Waals surface area contributed by atoms with E-state index in [1.165, 1.54) is 7.11 Å². The molecule has 0 amide bonds. The maximum atomic E-state index is 14.1. The van der Waals surface area contributed by atoms with Gasteiger partial charge in [0.05, 0.1) is 25.3 Å². The molecule has 1 N–H and O–H groups in total. The molecule has 0 unspecified atom stereocenters. The molecule has 1 saturated carbocycles. The van der Waals surface area contributed by atoms with Gasteiger partial charge in [-0.15, -0.1) is 10.2 Å². The quantitative estimate of drug-likeness (QED) is 0.301. The fourth-order valence-electron chi connectivity index (χ4n) is 6.51. The number of esters is 1. The number of H-pyrrole nitrogens is 1. The molecule has 10 nitrogen and oxygen atoms in total. The number of fused-ring (bicyclic) bond motifs is 2. The number of hydrogen-bond acceptors (Lipinski definition) is 7. The number of ether oxygens (including phenoxy) is 2. The van der Waals surface area contributed by atoms with Crippen molar-refractivity contribution < 1.29 is 14.3 Å². The van der Waals surface area contributed by atoms with Crippen LogP contribution in [0.4, 0.5) is 0 Å². The minimum atomic E-state index is -0.427. The third-order valence-electron chi connectivity index (χ3n) is 8.44. The summed E-state index contributed by atoms with van der Waals surface area (Å²) in [6.45, 7) is 2.39. The highest BCUT2D eigenvalue weighted by atomic mass is 16.6. The first-order valence-corrected chi connectivity index (χ1v) is 14.0. The Labute approximate surface area is 232 Å². The van der Waals surface area contributed by atoms with Gasteiger partial charge in [-0.05, 0) is 54.0 Å². The first-order chi connectivity index (χ1) is 19.5. The molecule has 208 valence electrons. The van der Waals surface area contributed by atoms with Gasteiger partial charge in [0.2, 0.25) is 5.82 Å². The zero-order valence-corrected chi connectivity index (χ0v) is 22.9. The molecular weight excluding hydrogens is 508 g/mol. The van der Waals surface area contributed by atoms with E-state index in [-0.39, 0.29) is 12.2 Å². The zero-order chi connectivity index (χ0) is 27.7. The zero-order valence-electron chi connectivity index (χ0n) is 22.9. The number of carbonyl (C=O) groups is 1. The SMILES string of the molecule is CCCc1c(Cc2ccc(-c3ccccc3-c3nn[nH]n3)cc2)c(=O)n2n1C1CCC2(COCC(=O)OC)CC1. The van der Waals surface area contributed by atoms with Gasteiger partial charge < -0.3 is 9.47 Å². The molecule has 4 heterocycles. The highest BCUT2D eigenvalue weighted by Crippen LogP contribution is 2.46. The Morgan fingerprint density at radius 2 is 1.85 bits per heavy atom. The van der Waals surface area contributed by atoms with Crippen LogP contribution < -0.4 is 5.56 Å². The van der Waals surface area contributed by atoms with Crippen LogP contribution in [0.1, 0.15) is 61.9 Å². The summed E-state index contributed by atoms with van der Waals surface area (Å²) in [6.07, 6.45) is 6.16. The number of hydrogen-bond donors (Lipinski definition) is 1. The summed E-state index contributed by atoms with van der Waals surface area (Å²) >= 11 is 0. The Hall–Kier alpha value is -4.05. The number of nitrogens with zero attached hydrogens (tertiary/aromatic N) is 5. The topological polar surface area (TPSA) is 117 Å². The van der Waals surface area contributed by atoms with Crippen LogP contribution in [-0.4, -0.2) is 56.3 Å². The van der Waals surface area contributed by atoms with Crippen molar-refractivity contribution in [3.05, 3.63) is 75.7 Å². The van der Waals surface area contributed by atoms with Crippen molar-refractivity contribution in [3.63, 3.8) is 0 Å². The maximum absolute atomic E-state index is 14.1. The van der Waals surface area contributed by atoms with Gasteiger partial charge in [0.15, 0.2) is 0 Å². The Bertz CT molecular complexity index is 1550. The molecule has 1 aliphatic carbocycles. The minimum absolute atomic E-state index is 0.0704. The third-order valence-corrected chi connectivity index (χ3v) is 8.44. The van der Waals surface area contributed by atoms with Crippen molar-refractivity contribution in [1.82, 2.24) is 30.0 Å². The van der Waals surface area contributed by atoms with Crippen LogP contribution in [0.3, 0.4) is 0 Å². The summed E-state index contributed by atoms with van der Waals surface area (Å²) in [6, 6.07) is 16.7. The summed E-state index contributed by atoms with van der Waals surface area (Å²) in [7, 11) is 1.36. The van der Waals surface area contributed by atoms with Crippen LogP contribution >= 0.6 is 0 Å². The van der Waals surface area contributed by atoms with E-state index < -0.39 is 11.5 Å². The maximum Gasteiger partial charge on any atom is 0.331 e. The number of aromatic nitrogens is 6. The number of rotatable bonds is 10. The Kier molecular flexibility index (Phi) is 7.10. The van der Waals surface area contributed by atoms with Gasteiger partial charge in [-0.2, -0.15) is 5.21 Å². The van der Waals surface area contributed by atoms with E-state index in [4.69, 9.17) is 9.47 Å². The van der Waals surface area contributed by atoms with Crippen LogP contribution in [0.25, 0.3) is 22.5 Å². The van der Waals surface area contributed by atoms with Gasteiger partial charge in [0.1, 0.15) is 6.61 Å². The molecule has 7 rings (SSSR count). The fraction of sp³-hybridized carbons (Fsp3) is 0.433. The molecule has 40 heavy (non-hydrogen) atoms. The second-order valence-electron chi connectivity index (χ2n) is 10.8. The predicted octanol–water partition coefficient (Wildman–Crippen LogP) is 4.05. The average Bonchev–Trinajstić information content (AvgIpc) is 3.63. The summed E-state index contributed by atoms with van der Waals surface area (Å²) in [5, 5.41) is 14.5. The van der Waals surface area contributed by atoms with E-state index in [0.717, 1.165) is 72.0 Å². The second kappa shape index (κ2) is 10.8. The molecule has 0 atom stereocenters. The monoisotopic (exact) mass is 542 g/mol. The van der Waals surface area contributed by atoms with E-state index >= 15 is 0 Å². The second-order valence-corrected chi connectivity index (χ2v) is 10.8. The van der Waals surface area contributed by atoms with E-state index in [2.05, 4.69) is 56.5 Å². The molecule has 2 aromatic heterocycles. The lowest BCUT2D eigenvalue weighted by Gasteiger charge is -2.49. The van der Waals surface area contributed by atoms with Gasteiger partial charge >= 0.3 is 5.97 Å². The number of carbonyl (C=O) groups excluding carboxylic acids is 1.